The lowest BCUT2D eigenvalue weighted by Crippen LogP contribution is -2.49. The fraction of sp³-hybridized carbons (Fsp3) is 0.400. The quantitative estimate of drug-likeness (QED) is 0.254. The van der Waals surface area contributed by atoms with E-state index in [1.54, 1.807) is 14.2 Å². The van der Waals surface area contributed by atoms with E-state index in [0.29, 0.717) is 24.8 Å². The molecule has 8 heteroatoms. The minimum absolute atomic E-state index is 0.0401. The number of piperazine rings is 1. The van der Waals surface area contributed by atoms with Crippen LogP contribution in [-0.2, 0) is 9.63 Å². The van der Waals surface area contributed by atoms with Gasteiger partial charge in [-0.1, -0.05) is 60.5 Å². The molecule has 0 unspecified atom stereocenters. The van der Waals surface area contributed by atoms with Gasteiger partial charge >= 0.3 is 0 Å². The molecule has 0 radical (unpaired) electrons. The molecular formula is C35H40N4O4. The highest BCUT2D eigenvalue weighted by Gasteiger charge is 2.34. The molecule has 0 spiro atoms. The lowest BCUT2D eigenvalue weighted by molar-refractivity contribution is -0.136. The minimum atomic E-state index is -0.0673. The van der Waals surface area contributed by atoms with Gasteiger partial charge in [-0.25, -0.2) is 0 Å². The number of fused-ring (bicyclic) bond motifs is 3. The third kappa shape index (κ3) is 6.10. The highest BCUT2D eigenvalue weighted by Crippen LogP contribution is 2.44. The molecule has 8 nitrogen and oxygen atoms in total. The largest absolute Gasteiger partial charge is 0.493 e. The van der Waals surface area contributed by atoms with E-state index >= 15 is 0 Å². The van der Waals surface area contributed by atoms with E-state index in [1.165, 1.54) is 24.1 Å². The summed E-state index contributed by atoms with van der Waals surface area (Å²) in [6, 6.07) is 23.1. The van der Waals surface area contributed by atoms with Crippen molar-refractivity contribution >= 4 is 23.0 Å². The number of methoxy groups -OCH3 is 2. The third-order valence-corrected chi connectivity index (χ3v) is 8.95. The van der Waals surface area contributed by atoms with Crippen molar-refractivity contribution in [2.45, 2.75) is 44.6 Å². The van der Waals surface area contributed by atoms with Gasteiger partial charge in [0.15, 0.2) is 18.1 Å². The average Bonchev–Trinajstić information content (AvgIpc) is 3.07. The summed E-state index contributed by atoms with van der Waals surface area (Å²) in [5.41, 5.74) is 7.31. The summed E-state index contributed by atoms with van der Waals surface area (Å²) in [4.78, 5) is 27.7. The van der Waals surface area contributed by atoms with Crippen LogP contribution in [0.2, 0.25) is 0 Å². The zero-order valence-corrected chi connectivity index (χ0v) is 25.3. The van der Waals surface area contributed by atoms with Gasteiger partial charge in [0.1, 0.15) is 0 Å². The first-order valence-corrected chi connectivity index (χ1v) is 15.2. The number of benzene rings is 3. The topological polar surface area (TPSA) is 76.0 Å². The molecule has 0 bridgehead atoms. The molecule has 3 aliphatic rings. The van der Waals surface area contributed by atoms with Crippen molar-refractivity contribution in [1.29, 1.82) is 0 Å². The van der Waals surface area contributed by atoms with E-state index in [1.807, 2.05) is 42.2 Å². The molecule has 1 aliphatic carbocycles. The molecule has 2 fully saturated rings. The van der Waals surface area contributed by atoms with Crippen LogP contribution >= 0.6 is 0 Å². The van der Waals surface area contributed by atoms with Crippen molar-refractivity contribution in [3.05, 3.63) is 89.0 Å². The molecule has 3 aromatic carbocycles. The Labute approximate surface area is 253 Å². The average molecular weight is 581 g/mol. The predicted molar refractivity (Wildman–Crippen MR) is 170 cm³/mol. The number of anilines is 1. The Morgan fingerprint density at radius 2 is 1.60 bits per heavy atom. The smallest absolute Gasteiger partial charge is 0.263 e. The molecule has 1 amide bonds. The standard InChI is InChI=1S/C35H40N4O4/c1-24(37-43-23-34(40)39-19-17-38(18-20-39)27-9-5-4-6-10-27)25-13-15-26(16-14-25)35-30-22-33(42-3)32(41-2)21-29(30)28-11-7-8-12-31(28)36-35/h4-6,9-10,13-16,21-22,28,31H,7-8,11-12,17-20,23H2,1-3H3/b37-24-/t28-,31-/m1/s1. The summed E-state index contributed by atoms with van der Waals surface area (Å²) < 4.78 is 11.3. The molecule has 2 atom stereocenters. The van der Waals surface area contributed by atoms with Crippen molar-refractivity contribution in [3.8, 4) is 11.5 Å². The summed E-state index contributed by atoms with van der Waals surface area (Å²) in [5, 5.41) is 4.26. The van der Waals surface area contributed by atoms with Gasteiger partial charge in [0.05, 0.1) is 31.7 Å². The van der Waals surface area contributed by atoms with Crippen LogP contribution in [0.3, 0.4) is 0 Å². The number of hydrogen-bond donors (Lipinski definition) is 0. The third-order valence-electron chi connectivity index (χ3n) is 8.95. The normalized spacial score (nSPS) is 20.1. The summed E-state index contributed by atoms with van der Waals surface area (Å²) in [5.74, 6) is 1.85. The van der Waals surface area contributed by atoms with Crippen LogP contribution in [0, 0.1) is 0 Å². The van der Waals surface area contributed by atoms with Crippen LogP contribution in [-0.4, -0.2) is 75.3 Å². The van der Waals surface area contributed by atoms with Crippen molar-refractivity contribution in [1.82, 2.24) is 4.90 Å². The molecule has 0 N–H and O–H groups in total. The van der Waals surface area contributed by atoms with Crippen molar-refractivity contribution in [3.63, 3.8) is 0 Å². The van der Waals surface area contributed by atoms with Crippen LogP contribution in [0.15, 0.2) is 76.9 Å². The highest BCUT2D eigenvalue weighted by atomic mass is 16.6. The Balaban J connectivity index is 1.11. The highest BCUT2D eigenvalue weighted by molar-refractivity contribution is 6.15. The molecule has 3 aromatic rings. The second-order valence-electron chi connectivity index (χ2n) is 11.5. The van der Waals surface area contributed by atoms with Crippen LogP contribution in [0.25, 0.3) is 0 Å². The van der Waals surface area contributed by atoms with Gasteiger partial charge in [-0.15, -0.1) is 0 Å². The van der Waals surface area contributed by atoms with Crippen LogP contribution in [0.5, 0.6) is 11.5 Å². The van der Waals surface area contributed by atoms with Crippen LogP contribution in [0.4, 0.5) is 5.69 Å². The zero-order chi connectivity index (χ0) is 29.8. The number of amides is 1. The Bertz CT molecular complexity index is 1490. The number of carbonyl (C=O) groups excluding carboxylic acids is 1. The first kappa shape index (κ1) is 28.8. The van der Waals surface area contributed by atoms with Crippen molar-refractivity contribution in [2.75, 3.05) is 51.9 Å². The lowest BCUT2D eigenvalue weighted by Gasteiger charge is -2.35. The molecule has 2 aliphatic heterocycles. The van der Waals surface area contributed by atoms with E-state index < -0.39 is 0 Å². The minimum Gasteiger partial charge on any atom is -0.493 e. The molecule has 0 aromatic heterocycles. The molecule has 1 saturated carbocycles. The molecule has 224 valence electrons. The molecular weight excluding hydrogens is 540 g/mol. The molecule has 2 heterocycles. The Morgan fingerprint density at radius 1 is 0.907 bits per heavy atom. The summed E-state index contributed by atoms with van der Waals surface area (Å²) in [6.07, 6.45) is 4.68. The number of hydrogen-bond acceptors (Lipinski definition) is 7. The molecule has 6 rings (SSSR count). The van der Waals surface area contributed by atoms with Gasteiger partial charge in [-0.2, -0.15) is 0 Å². The summed E-state index contributed by atoms with van der Waals surface area (Å²) in [6.45, 7) is 4.80. The maximum atomic E-state index is 12.7. The van der Waals surface area contributed by atoms with E-state index in [2.05, 4.69) is 46.5 Å². The van der Waals surface area contributed by atoms with Gasteiger partial charge in [0.25, 0.3) is 5.91 Å². The molecule has 1 saturated heterocycles. The number of carbonyl (C=O) groups is 1. The van der Waals surface area contributed by atoms with E-state index in [-0.39, 0.29) is 18.6 Å². The Kier molecular flexibility index (Phi) is 8.63. The second kappa shape index (κ2) is 12.9. The first-order chi connectivity index (χ1) is 21.1. The summed E-state index contributed by atoms with van der Waals surface area (Å²) >= 11 is 0. The van der Waals surface area contributed by atoms with Gasteiger partial charge in [-0.05, 0) is 55.2 Å². The van der Waals surface area contributed by atoms with Gasteiger partial charge in [0, 0.05) is 48.9 Å². The van der Waals surface area contributed by atoms with E-state index in [4.69, 9.17) is 19.3 Å². The summed E-state index contributed by atoms with van der Waals surface area (Å²) in [7, 11) is 3.36. The number of ether oxygens (including phenoxy) is 2. The number of rotatable bonds is 8. The fourth-order valence-corrected chi connectivity index (χ4v) is 6.55. The second-order valence-corrected chi connectivity index (χ2v) is 11.5. The zero-order valence-electron chi connectivity index (χ0n) is 25.3. The number of aliphatic imine (C=N–C) groups is 1. The van der Waals surface area contributed by atoms with E-state index in [0.717, 1.165) is 59.8 Å². The van der Waals surface area contributed by atoms with Gasteiger partial charge < -0.3 is 24.1 Å². The monoisotopic (exact) mass is 580 g/mol. The Hall–Kier alpha value is -4.33. The Morgan fingerprint density at radius 3 is 2.33 bits per heavy atom. The molecule has 43 heavy (non-hydrogen) atoms. The van der Waals surface area contributed by atoms with Gasteiger partial charge in [0.2, 0.25) is 0 Å². The maximum absolute atomic E-state index is 12.7. The van der Waals surface area contributed by atoms with E-state index in [9.17, 15) is 4.79 Å². The van der Waals surface area contributed by atoms with Crippen LogP contribution < -0.4 is 14.4 Å². The van der Waals surface area contributed by atoms with Crippen molar-refractivity contribution < 1.29 is 19.1 Å². The number of para-hydroxylation sites is 1. The maximum Gasteiger partial charge on any atom is 0.263 e. The number of oxime groups is 1. The van der Waals surface area contributed by atoms with Crippen LogP contribution in [0.1, 0.15) is 60.8 Å². The SMILES string of the molecule is COc1cc2c(cc1OC)[C@H]1CCCC[C@H]1N=C2c1ccc(/C(C)=N\OCC(=O)N2CCN(c3ccccc3)CC2)cc1. The fourth-order valence-electron chi connectivity index (χ4n) is 6.55. The predicted octanol–water partition coefficient (Wildman–Crippen LogP) is 5.67. The number of nitrogens with zero attached hydrogens (tertiary/aromatic N) is 4. The lowest BCUT2D eigenvalue weighted by atomic mass is 9.75. The van der Waals surface area contributed by atoms with Crippen molar-refractivity contribution in [2.24, 2.45) is 10.1 Å². The van der Waals surface area contributed by atoms with Gasteiger partial charge in [-0.3, -0.25) is 9.79 Å². The first-order valence-electron chi connectivity index (χ1n) is 15.2.